The quantitative estimate of drug-likeness (QED) is 0.596. The third-order valence-corrected chi connectivity index (χ3v) is 7.30. The van der Waals surface area contributed by atoms with Crippen molar-refractivity contribution >= 4 is 32.7 Å². The molecule has 2 fully saturated rings. The Balaban J connectivity index is 1.30. The summed E-state index contributed by atoms with van der Waals surface area (Å²) in [5, 5.41) is 9.87. The minimum Gasteiger partial charge on any atom is -0.481 e. The Hall–Kier alpha value is -2.65. The van der Waals surface area contributed by atoms with E-state index in [2.05, 4.69) is 20.9 Å². The van der Waals surface area contributed by atoms with Crippen LogP contribution in [-0.2, 0) is 23.9 Å². The Morgan fingerprint density at radius 2 is 1.94 bits per heavy atom. The van der Waals surface area contributed by atoms with Gasteiger partial charge in [0, 0.05) is 31.7 Å². The van der Waals surface area contributed by atoms with Gasteiger partial charge < -0.3 is 10.0 Å². The van der Waals surface area contributed by atoms with Gasteiger partial charge in [-0.25, -0.2) is 4.98 Å². The van der Waals surface area contributed by atoms with Gasteiger partial charge >= 0.3 is 12.1 Å². The number of rotatable bonds is 5. The average molecular weight is 462 g/mol. The van der Waals surface area contributed by atoms with Crippen molar-refractivity contribution in [2.24, 2.45) is 0 Å². The molecule has 2 atom stereocenters. The molecule has 0 amide bonds. The van der Waals surface area contributed by atoms with Crippen LogP contribution in [0.15, 0.2) is 36.4 Å². The number of aryl methyl sites for hydroxylation is 1. The van der Waals surface area contributed by atoms with E-state index in [0.717, 1.165) is 53.9 Å². The van der Waals surface area contributed by atoms with Crippen molar-refractivity contribution in [3.8, 4) is 0 Å². The van der Waals surface area contributed by atoms with Crippen molar-refractivity contribution in [3.63, 3.8) is 0 Å². The van der Waals surface area contributed by atoms with E-state index in [0.29, 0.717) is 16.3 Å². The van der Waals surface area contributed by atoms with E-state index in [1.807, 2.05) is 19.1 Å². The van der Waals surface area contributed by atoms with Crippen molar-refractivity contribution in [2.75, 3.05) is 18.0 Å². The molecular weight excluding hydrogens is 439 g/mol. The van der Waals surface area contributed by atoms with Crippen LogP contribution in [0.25, 0.3) is 10.2 Å². The van der Waals surface area contributed by atoms with E-state index in [1.165, 1.54) is 23.5 Å². The number of aromatic nitrogens is 1. The van der Waals surface area contributed by atoms with Crippen LogP contribution >= 0.6 is 11.3 Å². The first-order chi connectivity index (χ1) is 15.2. The molecule has 5 nitrogen and oxygen atoms in total. The van der Waals surface area contributed by atoms with Crippen LogP contribution in [0.3, 0.4) is 0 Å². The van der Waals surface area contributed by atoms with Crippen molar-refractivity contribution < 1.29 is 23.1 Å². The molecule has 9 heteroatoms. The average Bonchev–Trinajstić information content (AvgIpc) is 3.38. The lowest BCUT2D eigenvalue weighted by Crippen LogP contribution is -2.46. The molecule has 168 valence electrons. The van der Waals surface area contributed by atoms with Crippen LogP contribution in [0.4, 0.5) is 18.3 Å². The predicted molar refractivity (Wildman–Crippen MR) is 117 cm³/mol. The van der Waals surface area contributed by atoms with Crippen LogP contribution in [0.5, 0.6) is 0 Å². The van der Waals surface area contributed by atoms with Crippen molar-refractivity contribution in [3.05, 3.63) is 58.7 Å². The number of likely N-dealkylation sites (tertiary alicyclic amines) is 1. The molecule has 0 aliphatic carbocycles. The van der Waals surface area contributed by atoms with E-state index < -0.39 is 17.7 Å². The number of nitrogens with zero attached hydrogens (tertiary/aromatic N) is 3. The first-order valence-corrected chi connectivity index (χ1v) is 11.3. The van der Waals surface area contributed by atoms with Gasteiger partial charge in [-0.2, -0.15) is 13.2 Å². The Morgan fingerprint density at radius 3 is 2.62 bits per heavy atom. The molecule has 0 saturated carbocycles. The van der Waals surface area contributed by atoms with Gasteiger partial charge in [0.25, 0.3) is 0 Å². The number of piperazine rings is 1. The molecule has 0 spiro atoms. The maximum Gasteiger partial charge on any atom is 0.416 e. The summed E-state index contributed by atoms with van der Waals surface area (Å²) >= 11 is 1.32. The number of alkyl halides is 3. The second kappa shape index (κ2) is 7.74. The fraction of sp³-hybridized carbons (Fsp3) is 0.391. The number of fused-ring (bicyclic) bond motifs is 3. The summed E-state index contributed by atoms with van der Waals surface area (Å²) < 4.78 is 39.6. The number of anilines is 1. The topological polar surface area (TPSA) is 56.7 Å². The van der Waals surface area contributed by atoms with Gasteiger partial charge in [0.2, 0.25) is 0 Å². The number of hydrogen-bond donors (Lipinski definition) is 1. The molecule has 2 bridgehead atoms. The number of carboxylic acid groups (broad SMARTS) is 1. The SMILES string of the molecule is Cc1cc(CC(=O)O)cc(CN2C[C@H]3C[C@@H]2CN3c2nc3ccc(C(F)(F)F)cc3s2)c1. The Labute approximate surface area is 187 Å². The molecule has 2 saturated heterocycles. The summed E-state index contributed by atoms with van der Waals surface area (Å²) in [7, 11) is 0. The van der Waals surface area contributed by atoms with Gasteiger partial charge in [0.15, 0.2) is 5.13 Å². The largest absolute Gasteiger partial charge is 0.481 e. The fourth-order valence-electron chi connectivity index (χ4n) is 4.94. The summed E-state index contributed by atoms with van der Waals surface area (Å²) in [6, 6.07) is 10.3. The van der Waals surface area contributed by atoms with Gasteiger partial charge in [-0.15, -0.1) is 0 Å². The first kappa shape index (κ1) is 21.2. The third kappa shape index (κ3) is 4.06. The lowest BCUT2D eigenvalue weighted by Gasteiger charge is -2.34. The van der Waals surface area contributed by atoms with Gasteiger partial charge in [0.1, 0.15) is 0 Å². The molecule has 2 aromatic carbocycles. The zero-order valence-electron chi connectivity index (χ0n) is 17.4. The van der Waals surface area contributed by atoms with E-state index in [4.69, 9.17) is 5.11 Å². The smallest absolute Gasteiger partial charge is 0.416 e. The summed E-state index contributed by atoms with van der Waals surface area (Å²) in [5.74, 6) is -0.837. The van der Waals surface area contributed by atoms with Crippen molar-refractivity contribution in [1.29, 1.82) is 0 Å². The highest BCUT2D eigenvalue weighted by Crippen LogP contribution is 2.40. The Bertz CT molecular complexity index is 1190. The molecule has 1 N–H and O–H groups in total. The highest BCUT2D eigenvalue weighted by atomic mass is 32.1. The first-order valence-electron chi connectivity index (χ1n) is 10.5. The number of halogens is 3. The normalized spacial score (nSPS) is 21.1. The Morgan fingerprint density at radius 1 is 1.16 bits per heavy atom. The third-order valence-electron chi connectivity index (χ3n) is 6.24. The van der Waals surface area contributed by atoms with Crippen LogP contribution in [0.2, 0.25) is 0 Å². The molecule has 0 radical (unpaired) electrons. The van der Waals surface area contributed by atoms with E-state index in [9.17, 15) is 18.0 Å². The fourth-order valence-corrected chi connectivity index (χ4v) is 6.03. The number of carboxylic acids is 1. The lowest BCUT2D eigenvalue weighted by atomic mass is 10.0. The maximum atomic E-state index is 13.0. The number of aliphatic carboxylic acids is 1. The van der Waals surface area contributed by atoms with Crippen LogP contribution in [0.1, 0.15) is 28.7 Å². The molecule has 3 aromatic rings. The number of thiazole rings is 1. The number of carbonyl (C=O) groups is 1. The standard InChI is InChI=1S/C23H22F3N3O2S/c1-13-4-14(7-21(30)31)6-15(5-13)10-28-11-18-9-17(28)12-29(18)22-27-19-3-2-16(23(24,25)26)8-20(19)32-22/h2-6,8,17-18H,7,9-12H2,1H3,(H,30,31)/t17-,18-/m1/s1. The molecular formula is C23H22F3N3O2S. The van der Waals surface area contributed by atoms with Gasteiger partial charge in [-0.3, -0.25) is 9.69 Å². The second-order valence-electron chi connectivity index (χ2n) is 8.70. The van der Waals surface area contributed by atoms with Crippen LogP contribution in [-0.4, -0.2) is 46.1 Å². The maximum absolute atomic E-state index is 13.0. The van der Waals surface area contributed by atoms with E-state index in [1.54, 1.807) is 0 Å². The zero-order valence-corrected chi connectivity index (χ0v) is 18.2. The summed E-state index contributed by atoms with van der Waals surface area (Å²) in [6.45, 7) is 4.39. The molecule has 2 aliphatic heterocycles. The molecule has 2 aliphatic rings. The molecule has 3 heterocycles. The Kier molecular flexibility index (Phi) is 5.13. The van der Waals surface area contributed by atoms with E-state index >= 15 is 0 Å². The molecule has 5 rings (SSSR count). The van der Waals surface area contributed by atoms with Gasteiger partial charge in [-0.1, -0.05) is 35.1 Å². The van der Waals surface area contributed by atoms with Crippen molar-refractivity contribution in [2.45, 2.75) is 44.6 Å². The number of hydrogen-bond acceptors (Lipinski definition) is 5. The number of benzene rings is 2. The molecule has 32 heavy (non-hydrogen) atoms. The predicted octanol–water partition coefficient (Wildman–Crippen LogP) is 4.71. The minimum absolute atomic E-state index is 0.0160. The van der Waals surface area contributed by atoms with E-state index in [-0.39, 0.29) is 12.5 Å². The highest BCUT2D eigenvalue weighted by Gasteiger charge is 2.44. The molecule has 0 unspecified atom stereocenters. The second-order valence-corrected chi connectivity index (χ2v) is 9.71. The van der Waals surface area contributed by atoms with Crippen LogP contribution in [0, 0.1) is 6.92 Å². The van der Waals surface area contributed by atoms with Gasteiger partial charge in [-0.05, 0) is 42.7 Å². The summed E-state index contributed by atoms with van der Waals surface area (Å²) in [4.78, 5) is 20.3. The van der Waals surface area contributed by atoms with Crippen molar-refractivity contribution in [1.82, 2.24) is 9.88 Å². The molecule has 1 aromatic heterocycles. The zero-order chi connectivity index (χ0) is 22.6. The highest BCUT2D eigenvalue weighted by molar-refractivity contribution is 7.22. The summed E-state index contributed by atoms with van der Waals surface area (Å²) in [6.07, 6.45) is -3.34. The monoisotopic (exact) mass is 461 g/mol. The van der Waals surface area contributed by atoms with Gasteiger partial charge in [0.05, 0.1) is 22.2 Å². The summed E-state index contributed by atoms with van der Waals surface area (Å²) in [5.41, 5.74) is 2.93. The minimum atomic E-state index is -4.36. The van der Waals surface area contributed by atoms with Crippen LogP contribution < -0.4 is 4.90 Å². The lowest BCUT2D eigenvalue weighted by molar-refractivity contribution is -0.138.